The maximum absolute atomic E-state index is 11.7. The summed E-state index contributed by atoms with van der Waals surface area (Å²) >= 11 is 0. The minimum absolute atomic E-state index is 0.179. The third-order valence-electron chi connectivity index (χ3n) is 3.61. The van der Waals surface area contributed by atoms with Gasteiger partial charge >= 0.3 is 0 Å². The Labute approximate surface area is 114 Å². The second-order valence-corrected chi connectivity index (χ2v) is 5.19. The van der Waals surface area contributed by atoms with Crippen molar-refractivity contribution in [2.24, 2.45) is 0 Å². The molecule has 5 heteroatoms. The first-order valence-corrected chi connectivity index (χ1v) is 7.30. The number of carbonyl (C=O) groups is 1. The van der Waals surface area contributed by atoms with E-state index >= 15 is 0 Å². The van der Waals surface area contributed by atoms with Crippen molar-refractivity contribution in [1.82, 2.24) is 20.2 Å². The number of aryl methyl sites for hydroxylation is 1. The van der Waals surface area contributed by atoms with Gasteiger partial charge in [0.1, 0.15) is 0 Å². The van der Waals surface area contributed by atoms with Crippen LogP contribution in [0.3, 0.4) is 0 Å². The van der Waals surface area contributed by atoms with Gasteiger partial charge in [0, 0.05) is 37.9 Å². The summed E-state index contributed by atoms with van der Waals surface area (Å²) in [6, 6.07) is 0.547. The van der Waals surface area contributed by atoms with Crippen LogP contribution >= 0.6 is 0 Å². The monoisotopic (exact) mass is 264 g/mol. The molecule has 1 aromatic rings. The highest BCUT2D eigenvalue weighted by atomic mass is 16.1. The predicted molar refractivity (Wildman–Crippen MR) is 74.7 cm³/mol. The van der Waals surface area contributed by atoms with E-state index in [2.05, 4.69) is 15.6 Å². The van der Waals surface area contributed by atoms with Crippen LogP contribution in [0.4, 0.5) is 0 Å². The van der Waals surface area contributed by atoms with Crippen LogP contribution < -0.4 is 10.6 Å². The SMILES string of the molecule is O=C(CCC1CCCCN1)NCCCn1ccnc1. The highest BCUT2D eigenvalue weighted by Gasteiger charge is 2.13. The molecular formula is C14H24N4O. The molecule has 1 aromatic heterocycles. The molecule has 0 aromatic carbocycles. The highest BCUT2D eigenvalue weighted by Crippen LogP contribution is 2.11. The first-order chi connectivity index (χ1) is 9.34. The van der Waals surface area contributed by atoms with Gasteiger partial charge in [-0.3, -0.25) is 4.79 Å². The lowest BCUT2D eigenvalue weighted by Crippen LogP contribution is -2.35. The van der Waals surface area contributed by atoms with Crippen LogP contribution in [0.1, 0.15) is 38.5 Å². The first-order valence-electron chi connectivity index (χ1n) is 7.30. The topological polar surface area (TPSA) is 59.0 Å². The van der Waals surface area contributed by atoms with Crippen molar-refractivity contribution in [3.05, 3.63) is 18.7 Å². The number of piperidine rings is 1. The molecule has 0 radical (unpaired) electrons. The zero-order valence-electron chi connectivity index (χ0n) is 11.5. The van der Waals surface area contributed by atoms with E-state index < -0.39 is 0 Å². The number of aromatic nitrogens is 2. The summed E-state index contributed by atoms with van der Waals surface area (Å²) < 4.78 is 2.03. The van der Waals surface area contributed by atoms with E-state index in [0.717, 1.165) is 32.5 Å². The van der Waals surface area contributed by atoms with E-state index in [1.54, 1.807) is 12.5 Å². The number of hydrogen-bond donors (Lipinski definition) is 2. The normalized spacial score (nSPS) is 19.3. The Kier molecular flexibility index (Phi) is 5.88. The van der Waals surface area contributed by atoms with Gasteiger partial charge in [-0.1, -0.05) is 6.42 Å². The van der Waals surface area contributed by atoms with Gasteiger partial charge in [-0.15, -0.1) is 0 Å². The Morgan fingerprint density at radius 2 is 2.42 bits per heavy atom. The molecule has 106 valence electrons. The maximum Gasteiger partial charge on any atom is 0.220 e. The molecule has 5 nitrogen and oxygen atoms in total. The van der Waals surface area contributed by atoms with E-state index in [-0.39, 0.29) is 5.91 Å². The molecule has 1 aliphatic heterocycles. The van der Waals surface area contributed by atoms with E-state index in [1.165, 1.54) is 19.3 Å². The smallest absolute Gasteiger partial charge is 0.220 e. The fourth-order valence-electron chi connectivity index (χ4n) is 2.47. The number of nitrogens with zero attached hydrogens (tertiary/aromatic N) is 2. The fraction of sp³-hybridized carbons (Fsp3) is 0.714. The maximum atomic E-state index is 11.7. The number of nitrogens with one attached hydrogen (secondary N) is 2. The quantitative estimate of drug-likeness (QED) is 0.730. The van der Waals surface area contributed by atoms with Gasteiger partial charge in [0.15, 0.2) is 0 Å². The zero-order chi connectivity index (χ0) is 13.3. The summed E-state index contributed by atoms with van der Waals surface area (Å²) in [6.45, 7) is 2.76. The van der Waals surface area contributed by atoms with E-state index in [4.69, 9.17) is 0 Å². The highest BCUT2D eigenvalue weighted by molar-refractivity contribution is 5.75. The van der Waals surface area contributed by atoms with Crippen molar-refractivity contribution in [3.8, 4) is 0 Å². The molecule has 0 aliphatic carbocycles. The predicted octanol–water partition coefficient (Wildman–Crippen LogP) is 1.31. The van der Waals surface area contributed by atoms with Crippen LogP contribution in [-0.4, -0.2) is 34.6 Å². The van der Waals surface area contributed by atoms with Crippen LogP contribution in [0, 0.1) is 0 Å². The average molecular weight is 264 g/mol. The Morgan fingerprint density at radius 3 is 3.16 bits per heavy atom. The summed E-state index contributed by atoms with van der Waals surface area (Å²) in [5, 5.41) is 6.45. The lowest BCUT2D eigenvalue weighted by Gasteiger charge is -2.23. The van der Waals surface area contributed by atoms with Crippen LogP contribution in [0.2, 0.25) is 0 Å². The Bertz CT molecular complexity index is 358. The van der Waals surface area contributed by atoms with Crippen LogP contribution in [0.5, 0.6) is 0 Å². The van der Waals surface area contributed by atoms with E-state index in [9.17, 15) is 4.79 Å². The molecule has 2 heterocycles. The number of imidazole rings is 1. The summed E-state index contributed by atoms with van der Waals surface area (Å²) in [7, 11) is 0. The van der Waals surface area contributed by atoms with Gasteiger partial charge < -0.3 is 15.2 Å². The van der Waals surface area contributed by atoms with Gasteiger partial charge in [0.05, 0.1) is 6.33 Å². The van der Waals surface area contributed by atoms with Crippen molar-refractivity contribution in [3.63, 3.8) is 0 Å². The summed E-state index contributed by atoms with van der Waals surface area (Å²) in [5.41, 5.74) is 0. The van der Waals surface area contributed by atoms with Crippen molar-refractivity contribution in [2.45, 2.75) is 51.1 Å². The van der Waals surface area contributed by atoms with Crippen LogP contribution in [0.15, 0.2) is 18.7 Å². The zero-order valence-corrected chi connectivity index (χ0v) is 11.5. The Morgan fingerprint density at radius 1 is 1.47 bits per heavy atom. The molecule has 1 unspecified atom stereocenters. The summed E-state index contributed by atoms with van der Waals surface area (Å²) in [5.74, 6) is 0.179. The minimum Gasteiger partial charge on any atom is -0.356 e. The molecule has 0 bridgehead atoms. The van der Waals surface area contributed by atoms with Crippen molar-refractivity contribution < 1.29 is 4.79 Å². The van der Waals surface area contributed by atoms with Crippen molar-refractivity contribution >= 4 is 5.91 Å². The van der Waals surface area contributed by atoms with Crippen molar-refractivity contribution in [1.29, 1.82) is 0 Å². The molecule has 19 heavy (non-hydrogen) atoms. The molecule has 1 saturated heterocycles. The Balaban J connectivity index is 1.49. The minimum atomic E-state index is 0.179. The molecule has 1 aliphatic rings. The van der Waals surface area contributed by atoms with E-state index in [1.807, 2.05) is 10.8 Å². The third-order valence-corrected chi connectivity index (χ3v) is 3.61. The molecule has 2 rings (SSSR count). The molecule has 1 amide bonds. The molecular weight excluding hydrogens is 240 g/mol. The van der Waals surface area contributed by atoms with E-state index in [0.29, 0.717) is 12.5 Å². The number of rotatable bonds is 7. The van der Waals surface area contributed by atoms with Gasteiger partial charge in [0.25, 0.3) is 0 Å². The third kappa shape index (κ3) is 5.42. The standard InChI is InChI=1S/C14H24N4O/c19-14(6-5-13-4-1-2-7-16-13)17-8-3-10-18-11-9-15-12-18/h9,11-13,16H,1-8,10H2,(H,17,19). The second kappa shape index (κ2) is 7.94. The lowest BCUT2D eigenvalue weighted by atomic mass is 10.0. The average Bonchev–Trinajstić information content (AvgIpc) is 2.96. The van der Waals surface area contributed by atoms with Crippen molar-refractivity contribution in [2.75, 3.05) is 13.1 Å². The van der Waals surface area contributed by atoms with Gasteiger partial charge in [-0.05, 0) is 32.2 Å². The summed E-state index contributed by atoms with van der Waals surface area (Å²) in [6.07, 6.45) is 11.9. The van der Waals surface area contributed by atoms with Crippen LogP contribution in [0.25, 0.3) is 0 Å². The number of hydrogen-bond acceptors (Lipinski definition) is 3. The summed E-state index contributed by atoms with van der Waals surface area (Å²) in [4.78, 5) is 15.7. The van der Waals surface area contributed by atoms with Gasteiger partial charge in [0.2, 0.25) is 5.91 Å². The second-order valence-electron chi connectivity index (χ2n) is 5.19. The number of amides is 1. The molecule has 1 atom stereocenters. The molecule has 0 spiro atoms. The molecule has 2 N–H and O–H groups in total. The van der Waals surface area contributed by atoms with Gasteiger partial charge in [-0.25, -0.2) is 4.98 Å². The lowest BCUT2D eigenvalue weighted by molar-refractivity contribution is -0.121. The first kappa shape index (κ1) is 14.1. The largest absolute Gasteiger partial charge is 0.356 e. The molecule has 0 saturated carbocycles. The fourth-order valence-corrected chi connectivity index (χ4v) is 2.47. The van der Waals surface area contributed by atoms with Gasteiger partial charge in [-0.2, -0.15) is 0 Å². The molecule has 1 fully saturated rings. The van der Waals surface area contributed by atoms with Crippen LogP contribution in [-0.2, 0) is 11.3 Å². The Hall–Kier alpha value is -1.36. The number of carbonyl (C=O) groups excluding carboxylic acids is 1.